The van der Waals surface area contributed by atoms with E-state index in [1.165, 1.54) is 0 Å². The van der Waals surface area contributed by atoms with Crippen molar-refractivity contribution in [1.82, 2.24) is 0 Å². The van der Waals surface area contributed by atoms with E-state index in [1.807, 2.05) is 71.6 Å². The molecule has 26 heavy (non-hydrogen) atoms. The van der Waals surface area contributed by atoms with Crippen molar-refractivity contribution in [3.63, 3.8) is 0 Å². The average molecular weight is 426 g/mol. The van der Waals surface area contributed by atoms with Crippen LogP contribution in [0.15, 0.2) is 83.3 Å². The van der Waals surface area contributed by atoms with Crippen molar-refractivity contribution in [3.8, 4) is 11.5 Å². The Labute approximate surface area is 165 Å². The van der Waals surface area contributed by atoms with Crippen LogP contribution in [0.25, 0.3) is 0 Å². The van der Waals surface area contributed by atoms with Gasteiger partial charge in [-0.2, -0.15) is 0 Å². The molecule has 0 saturated carbocycles. The Hall–Kier alpha value is -2.24. The summed E-state index contributed by atoms with van der Waals surface area (Å²) in [6, 6.07) is 25.4. The molecule has 1 amide bonds. The zero-order valence-corrected chi connectivity index (χ0v) is 16.2. The number of ether oxygens (including phenoxy) is 1. The highest BCUT2D eigenvalue weighted by Crippen LogP contribution is 2.45. The summed E-state index contributed by atoms with van der Waals surface area (Å²) < 4.78 is 7.07. The monoisotopic (exact) mass is 425 g/mol. The van der Waals surface area contributed by atoms with Crippen molar-refractivity contribution in [1.29, 1.82) is 0 Å². The van der Waals surface area contributed by atoms with Crippen LogP contribution < -0.4 is 9.64 Å². The summed E-state index contributed by atoms with van der Waals surface area (Å²) in [5.74, 6) is 1.97. The second-order valence-corrected chi connectivity index (χ2v) is 7.85. The van der Waals surface area contributed by atoms with Gasteiger partial charge in [0.05, 0.1) is 11.4 Å². The molecule has 0 N–H and O–H groups in total. The summed E-state index contributed by atoms with van der Waals surface area (Å²) in [6.07, 6.45) is 0. The van der Waals surface area contributed by atoms with Gasteiger partial charge in [-0.05, 0) is 42.0 Å². The van der Waals surface area contributed by atoms with Crippen LogP contribution >= 0.6 is 27.7 Å². The first-order chi connectivity index (χ1) is 12.7. The number of carbonyl (C=O) groups excluding carboxylic acids is 1. The van der Waals surface area contributed by atoms with E-state index in [4.69, 9.17) is 4.74 Å². The molecule has 5 heteroatoms. The highest BCUT2D eigenvalue weighted by atomic mass is 79.9. The SMILES string of the molecule is O=C1CS[C@@H](c2cccc(Br)c2)N1c1ccccc1Oc1ccccc1. The van der Waals surface area contributed by atoms with E-state index < -0.39 is 0 Å². The molecule has 0 spiro atoms. The predicted molar refractivity (Wildman–Crippen MR) is 110 cm³/mol. The number of carbonyl (C=O) groups is 1. The van der Waals surface area contributed by atoms with Gasteiger partial charge >= 0.3 is 0 Å². The highest BCUT2D eigenvalue weighted by molar-refractivity contribution is 9.10. The lowest BCUT2D eigenvalue weighted by atomic mass is 10.2. The topological polar surface area (TPSA) is 29.5 Å². The van der Waals surface area contributed by atoms with E-state index in [0.717, 1.165) is 21.5 Å². The van der Waals surface area contributed by atoms with E-state index in [2.05, 4.69) is 28.1 Å². The van der Waals surface area contributed by atoms with Crippen LogP contribution in [-0.2, 0) is 4.79 Å². The summed E-state index contributed by atoms with van der Waals surface area (Å²) in [6.45, 7) is 0. The van der Waals surface area contributed by atoms with Gasteiger partial charge in [0, 0.05) is 4.47 Å². The molecule has 1 fully saturated rings. The Morgan fingerprint density at radius 2 is 1.73 bits per heavy atom. The number of nitrogens with zero attached hydrogens (tertiary/aromatic N) is 1. The lowest BCUT2D eigenvalue weighted by Crippen LogP contribution is -2.28. The maximum absolute atomic E-state index is 12.7. The molecule has 1 aliphatic heterocycles. The second-order valence-electron chi connectivity index (χ2n) is 5.86. The maximum Gasteiger partial charge on any atom is 0.238 e. The molecule has 4 rings (SSSR count). The molecule has 0 bridgehead atoms. The fourth-order valence-electron chi connectivity index (χ4n) is 2.95. The number of rotatable bonds is 4. The van der Waals surface area contributed by atoms with Gasteiger partial charge in [-0.1, -0.05) is 58.4 Å². The molecular weight excluding hydrogens is 410 g/mol. The van der Waals surface area contributed by atoms with E-state index in [-0.39, 0.29) is 11.3 Å². The minimum atomic E-state index is -0.0690. The summed E-state index contributed by atoms with van der Waals surface area (Å²) >= 11 is 5.15. The average Bonchev–Trinajstić information content (AvgIpc) is 3.04. The minimum absolute atomic E-state index is 0.0690. The number of hydrogen-bond donors (Lipinski definition) is 0. The molecule has 0 aromatic heterocycles. The maximum atomic E-state index is 12.7. The van der Waals surface area contributed by atoms with Crippen molar-refractivity contribution in [2.75, 3.05) is 10.7 Å². The third kappa shape index (κ3) is 3.50. The Morgan fingerprint density at radius 3 is 2.54 bits per heavy atom. The summed E-state index contributed by atoms with van der Waals surface area (Å²) in [5.41, 5.74) is 1.88. The minimum Gasteiger partial charge on any atom is -0.455 e. The first-order valence-electron chi connectivity index (χ1n) is 8.23. The second kappa shape index (κ2) is 7.56. The normalized spacial score (nSPS) is 16.7. The lowest BCUT2D eigenvalue weighted by Gasteiger charge is -2.26. The highest BCUT2D eigenvalue weighted by Gasteiger charge is 2.35. The number of amides is 1. The van der Waals surface area contributed by atoms with Crippen LogP contribution in [0, 0.1) is 0 Å². The van der Waals surface area contributed by atoms with Gasteiger partial charge in [0.15, 0.2) is 5.75 Å². The zero-order chi connectivity index (χ0) is 17.9. The number of halogens is 1. The molecule has 0 unspecified atom stereocenters. The van der Waals surface area contributed by atoms with Gasteiger partial charge in [0.1, 0.15) is 11.1 Å². The number of hydrogen-bond acceptors (Lipinski definition) is 3. The first kappa shape index (κ1) is 17.2. The summed E-state index contributed by atoms with van der Waals surface area (Å²) in [4.78, 5) is 14.5. The predicted octanol–water partition coefficient (Wildman–Crippen LogP) is 6.02. The number of para-hydroxylation sites is 3. The smallest absolute Gasteiger partial charge is 0.238 e. The number of thioether (sulfide) groups is 1. The van der Waals surface area contributed by atoms with Crippen LogP contribution in [-0.4, -0.2) is 11.7 Å². The molecule has 0 aliphatic carbocycles. The fraction of sp³-hybridized carbons (Fsp3) is 0.0952. The third-order valence-electron chi connectivity index (χ3n) is 4.10. The van der Waals surface area contributed by atoms with Gasteiger partial charge in [0.25, 0.3) is 0 Å². The molecule has 1 aliphatic rings. The Bertz CT molecular complexity index is 932. The zero-order valence-electron chi connectivity index (χ0n) is 13.8. The lowest BCUT2D eigenvalue weighted by molar-refractivity contribution is -0.115. The van der Waals surface area contributed by atoms with Gasteiger partial charge in [0.2, 0.25) is 5.91 Å². The van der Waals surface area contributed by atoms with Crippen molar-refractivity contribution >= 4 is 39.3 Å². The van der Waals surface area contributed by atoms with Crippen molar-refractivity contribution in [2.24, 2.45) is 0 Å². The molecule has 3 aromatic carbocycles. The molecule has 3 nitrogen and oxygen atoms in total. The Morgan fingerprint density at radius 1 is 0.962 bits per heavy atom. The molecule has 130 valence electrons. The molecule has 1 heterocycles. The van der Waals surface area contributed by atoms with E-state index in [9.17, 15) is 4.79 Å². The summed E-state index contributed by atoms with van der Waals surface area (Å²) in [7, 11) is 0. The number of anilines is 1. The van der Waals surface area contributed by atoms with Gasteiger partial charge < -0.3 is 4.74 Å². The molecule has 3 aromatic rings. The van der Waals surface area contributed by atoms with Crippen LogP contribution in [0.4, 0.5) is 5.69 Å². The summed E-state index contributed by atoms with van der Waals surface area (Å²) in [5, 5.41) is -0.0690. The van der Waals surface area contributed by atoms with Crippen LogP contribution in [0.5, 0.6) is 11.5 Å². The van der Waals surface area contributed by atoms with Crippen LogP contribution in [0.3, 0.4) is 0 Å². The van der Waals surface area contributed by atoms with E-state index >= 15 is 0 Å². The van der Waals surface area contributed by atoms with Gasteiger partial charge in [-0.15, -0.1) is 11.8 Å². The molecular formula is C21H16BrNO2S. The third-order valence-corrected chi connectivity index (χ3v) is 5.80. The molecule has 0 radical (unpaired) electrons. The molecule has 1 saturated heterocycles. The Balaban J connectivity index is 1.72. The van der Waals surface area contributed by atoms with Crippen LogP contribution in [0.1, 0.15) is 10.9 Å². The van der Waals surface area contributed by atoms with Crippen LogP contribution in [0.2, 0.25) is 0 Å². The van der Waals surface area contributed by atoms with Crippen molar-refractivity contribution in [3.05, 3.63) is 88.9 Å². The van der Waals surface area contributed by atoms with E-state index in [0.29, 0.717) is 11.5 Å². The van der Waals surface area contributed by atoms with Gasteiger partial charge in [-0.3, -0.25) is 9.69 Å². The Kier molecular flexibility index (Phi) is 5.00. The van der Waals surface area contributed by atoms with Crippen molar-refractivity contribution < 1.29 is 9.53 Å². The van der Waals surface area contributed by atoms with E-state index in [1.54, 1.807) is 11.8 Å². The quantitative estimate of drug-likeness (QED) is 0.511. The molecule has 1 atom stereocenters. The standard InChI is InChI=1S/C21H16BrNO2S/c22-16-8-6-7-15(13-16)21-23(20(24)14-26-21)18-11-4-5-12-19(18)25-17-9-2-1-3-10-17/h1-13,21H,14H2/t21-/m0/s1. The largest absolute Gasteiger partial charge is 0.455 e. The van der Waals surface area contributed by atoms with Crippen molar-refractivity contribution in [2.45, 2.75) is 5.37 Å². The number of benzene rings is 3. The fourth-order valence-corrected chi connectivity index (χ4v) is 4.52. The van der Waals surface area contributed by atoms with Gasteiger partial charge in [-0.25, -0.2) is 0 Å². The first-order valence-corrected chi connectivity index (χ1v) is 10.1.